The number of allylic oxidation sites excluding steroid dienone is 3. The molecule has 8 rings (SSSR count). The molecule has 6 N–H and O–H groups in total. The van der Waals surface area contributed by atoms with Gasteiger partial charge in [0.25, 0.3) is 0 Å². The Morgan fingerprint density at radius 1 is 1.04 bits per heavy atom. The number of nitrogens with zero attached hydrogens (tertiary/aromatic N) is 1. The first kappa shape index (κ1) is 33.4. The number of phenolic OH excluding ortho intramolecular Hbond substituents is 2. The first-order valence-corrected chi connectivity index (χ1v) is 18.4. The van der Waals surface area contributed by atoms with E-state index in [2.05, 4.69) is 34.6 Å². The Hall–Kier alpha value is -3.76. The van der Waals surface area contributed by atoms with Crippen molar-refractivity contribution in [3.63, 3.8) is 0 Å². The maximum atomic E-state index is 11.6. The number of benzene rings is 2. The average Bonchev–Trinajstić information content (AvgIpc) is 3.65. The second-order valence-electron chi connectivity index (χ2n) is 15.2. The molecule has 1 aromatic heterocycles. The Morgan fingerprint density at radius 2 is 1.92 bits per heavy atom. The molecule has 9 unspecified atom stereocenters. The lowest BCUT2D eigenvalue weighted by molar-refractivity contribution is -0.154. The van der Waals surface area contributed by atoms with E-state index in [1.807, 2.05) is 18.2 Å². The predicted octanol–water partition coefficient (Wildman–Crippen LogP) is 5.99. The molecule has 2 aliphatic heterocycles. The molecule has 5 aliphatic rings. The van der Waals surface area contributed by atoms with Crippen LogP contribution in [-0.4, -0.2) is 57.4 Å². The number of rotatable bonds is 7. The largest absolute Gasteiger partial charge is 0.670 e. The van der Waals surface area contributed by atoms with Crippen LogP contribution >= 0.6 is 0 Å². The van der Waals surface area contributed by atoms with Crippen molar-refractivity contribution in [2.75, 3.05) is 13.7 Å². The summed E-state index contributed by atoms with van der Waals surface area (Å²) in [6.07, 6.45) is 16.6. The molecule has 0 spiro atoms. The zero-order valence-electron chi connectivity index (χ0n) is 28.7. The van der Waals surface area contributed by atoms with E-state index in [0.717, 1.165) is 49.8 Å². The van der Waals surface area contributed by atoms with Crippen molar-refractivity contribution in [3.05, 3.63) is 93.8 Å². The highest BCUT2D eigenvalue weighted by Gasteiger charge is 2.45. The van der Waals surface area contributed by atoms with Gasteiger partial charge >= 0.3 is 0 Å². The van der Waals surface area contributed by atoms with Gasteiger partial charge in [0.15, 0.2) is 11.5 Å². The zero-order valence-corrected chi connectivity index (χ0v) is 28.7. The van der Waals surface area contributed by atoms with Crippen molar-refractivity contribution in [2.45, 2.75) is 101 Å². The quantitative estimate of drug-likeness (QED) is 0.131. The van der Waals surface area contributed by atoms with Crippen LogP contribution < -0.4 is 15.0 Å². The summed E-state index contributed by atoms with van der Waals surface area (Å²) in [7, 11) is 1.44. The van der Waals surface area contributed by atoms with Crippen molar-refractivity contribution in [3.8, 4) is 23.0 Å². The van der Waals surface area contributed by atoms with Gasteiger partial charge in [0.05, 0.1) is 32.0 Å². The van der Waals surface area contributed by atoms with Crippen LogP contribution in [0.1, 0.15) is 103 Å². The Labute approximate surface area is 293 Å². The third kappa shape index (κ3) is 5.92. The predicted molar refractivity (Wildman–Crippen MR) is 188 cm³/mol. The van der Waals surface area contributed by atoms with Crippen LogP contribution in [0.25, 0.3) is 0 Å². The molecule has 0 radical (unpaired) electrons. The van der Waals surface area contributed by atoms with E-state index >= 15 is 0 Å². The maximum absolute atomic E-state index is 11.6. The minimum absolute atomic E-state index is 0.0417. The molecular formula is C41H49N2O7-. The summed E-state index contributed by atoms with van der Waals surface area (Å²) in [5.74, 6) is 0.789. The number of phenols is 3. The molecule has 50 heavy (non-hydrogen) atoms. The molecule has 3 fully saturated rings. The van der Waals surface area contributed by atoms with Gasteiger partial charge in [-0.1, -0.05) is 47.6 Å². The van der Waals surface area contributed by atoms with Crippen LogP contribution in [0.15, 0.2) is 60.5 Å². The van der Waals surface area contributed by atoms with E-state index in [4.69, 9.17) is 9.47 Å². The highest BCUT2D eigenvalue weighted by Crippen LogP contribution is 2.53. The fourth-order valence-electron chi connectivity index (χ4n) is 10.0. The second-order valence-corrected chi connectivity index (χ2v) is 15.2. The van der Waals surface area contributed by atoms with Crippen molar-refractivity contribution < 1.29 is 35.0 Å². The minimum Gasteiger partial charge on any atom is -0.670 e. The molecule has 9 heteroatoms. The summed E-state index contributed by atoms with van der Waals surface area (Å²) in [5, 5.41) is 58.9. The van der Waals surface area contributed by atoms with E-state index in [9.17, 15) is 25.5 Å². The van der Waals surface area contributed by atoms with Crippen molar-refractivity contribution in [1.29, 1.82) is 0 Å². The topological polar surface area (TPSA) is 146 Å². The maximum Gasteiger partial charge on any atom is 0.201 e. The van der Waals surface area contributed by atoms with Gasteiger partial charge < -0.3 is 45.3 Å². The first-order valence-electron chi connectivity index (χ1n) is 18.4. The molecule has 266 valence electrons. The summed E-state index contributed by atoms with van der Waals surface area (Å²) in [5.41, 5.74) is 5.90. The lowest BCUT2D eigenvalue weighted by atomic mass is 9.65. The number of aromatic hydroxyl groups is 3. The van der Waals surface area contributed by atoms with Gasteiger partial charge in [-0.2, -0.15) is 12.4 Å². The second kappa shape index (κ2) is 13.8. The highest BCUT2D eigenvalue weighted by molar-refractivity contribution is 5.64. The number of hydrogen-bond acceptors (Lipinski definition) is 8. The van der Waals surface area contributed by atoms with Gasteiger partial charge in [-0.05, 0) is 92.9 Å². The molecule has 1 saturated carbocycles. The molecule has 3 heterocycles. The number of nitrogens with one attached hydrogen (secondary N) is 1. The summed E-state index contributed by atoms with van der Waals surface area (Å²) in [6, 6.07) is 8.48. The SMILES string of the molecule is COc1c(O)c(O)c(CO)c(C2CC(O)C3CCC(c4ccc(O)c(C5C=CCC6CC7NCCCC7=CC65)c4)CC3O2)c1Cc1cc[n-]c1. The summed E-state index contributed by atoms with van der Waals surface area (Å²) < 4.78 is 12.5. The zero-order chi connectivity index (χ0) is 34.5. The molecule has 9 atom stereocenters. The number of aliphatic hydroxyl groups excluding tert-OH is 2. The van der Waals surface area contributed by atoms with Crippen LogP contribution in [0.4, 0.5) is 0 Å². The van der Waals surface area contributed by atoms with Gasteiger partial charge in [0.2, 0.25) is 5.75 Å². The highest BCUT2D eigenvalue weighted by atomic mass is 16.5. The molecule has 0 amide bonds. The number of piperidine rings is 1. The van der Waals surface area contributed by atoms with Gasteiger partial charge in [-0.25, -0.2) is 0 Å². The molecule has 3 aliphatic carbocycles. The molecular weight excluding hydrogens is 632 g/mol. The van der Waals surface area contributed by atoms with E-state index in [1.165, 1.54) is 24.7 Å². The Bertz CT molecular complexity index is 1770. The summed E-state index contributed by atoms with van der Waals surface area (Å²) in [4.78, 5) is 4.18. The molecule has 2 aromatic carbocycles. The van der Waals surface area contributed by atoms with Crippen LogP contribution in [0.3, 0.4) is 0 Å². The Balaban J connectivity index is 1.08. The van der Waals surface area contributed by atoms with Crippen LogP contribution in [0, 0.1) is 17.8 Å². The van der Waals surface area contributed by atoms with E-state index in [-0.39, 0.29) is 35.2 Å². The molecule has 9 nitrogen and oxygen atoms in total. The Kier molecular flexibility index (Phi) is 9.18. The number of fused-ring (bicyclic) bond motifs is 3. The van der Waals surface area contributed by atoms with Gasteiger partial charge in [0, 0.05) is 41.0 Å². The normalized spacial score (nSPS) is 32.1. The average molecular weight is 682 g/mol. The monoisotopic (exact) mass is 681 g/mol. The van der Waals surface area contributed by atoms with Gasteiger partial charge in [0.1, 0.15) is 5.75 Å². The fourth-order valence-corrected chi connectivity index (χ4v) is 10.0. The summed E-state index contributed by atoms with van der Waals surface area (Å²) in [6.45, 7) is 0.577. The van der Waals surface area contributed by atoms with Gasteiger partial charge in [-0.15, -0.1) is 0 Å². The van der Waals surface area contributed by atoms with E-state index < -0.39 is 30.3 Å². The minimum atomic E-state index is -0.640. The third-order valence-corrected chi connectivity index (χ3v) is 12.5. The van der Waals surface area contributed by atoms with E-state index in [1.54, 1.807) is 12.4 Å². The molecule has 2 saturated heterocycles. The van der Waals surface area contributed by atoms with Crippen LogP contribution in [0.5, 0.6) is 23.0 Å². The Morgan fingerprint density at radius 3 is 2.72 bits per heavy atom. The fraction of sp³-hybridized carbons (Fsp3) is 0.512. The van der Waals surface area contributed by atoms with Crippen molar-refractivity contribution >= 4 is 0 Å². The van der Waals surface area contributed by atoms with Crippen LogP contribution in [0.2, 0.25) is 0 Å². The van der Waals surface area contributed by atoms with Gasteiger partial charge in [-0.3, -0.25) is 0 Å². The molecule has 0 bridgehead atoms. The van der Waals surface area contributed by atoms with Crippen LogP contribution in [-0.2, 0) is 17.8 Å². The lowest BCUT2D eigenvalue weighted by Crippen LogP contribution is -2.44. The smallest absolute Gasteiger partial charge is 0.201 e. The summed E-state index contributed by atoms with van der Waals surface area (Å²) >= 11 is 0. The number of aromatic nitrogens is 1. The van der Waals surface area contributed by atoms with E-state index in [0.29, 0.717) is 54.0 Å². The number of hydrogen-bond donors (Lipinski definition) is 6. The number of ether oxygens (including phenoxy) is 2. The van der Waals surface area contributed by atoms with Crippen molar-refractivity contribution in [1.82, 2.24) is 10.3 Å². The molecule has 3 aromatic rings. The standard InChI is InChI=1S/C41H49N2O7/c1-49-41-31(14-22-11-13-42-20-22)38(32(21-44)39(47)40(41)48)37-19-35(46)28-9-7-24(18-36(28)50-37)23-8-10-34(45)30(15-23)27-6-2-4-25-17-33-26(16-29(25)27)5-3-12-43-33/h2,6,8,10-11,13,15-16,20,24-25,27-29,33,35-37,43-48H,3-5,7,9,12,14,17-19,21H2,1H3/q-1. The number of methoxy groups -OCH3 is 1. The number of aliphatic hydroxyl groups is 2. The van der Waals surface area contributed by atoms with Crippen molar-refractivity contribution in [2.24, 2.45) is 17.8 Å². The third-order valence-electron chi connectivity index (χ3n) is 12.5. The first-order chi connectivity index (χ1) is 24.3. The lowest BCUT2D eigenvalue weighted by Gasteiger charge is -2.46.